The van der Waals surface area contributed by atoms with Gasteiger partial charge in [0, 0.05) is 18.2 Å². The van der Waals surface area contributed by atoms with Crippen LogP contribution in [0.15, 0.2) is 57.7 Å². The van der Waals surface area contributed by atoms with Crippen LogP contribution in [0.2, 0.25) is 0 Å². The molecule has 2 aromatic carbocycles. The van der Waals surface area contributed by atoms with Crippen molar-refractivity contribution in [3.8, 4) is 0 Å². The van der Waals surface area contributed by atoms with Gasteiger partial charge in [0.05, 0.1) is 16.6 Å². The third-order valence-electron chi connectivity index (χ3n) is 5.00. The predicted molar refractivity (Wildman–Crippen MR) is 112 cm³/mol. The molecule has 1 aliphatic rings. The first-order chi connectivity index (χ1) is 15.6. The lowest BCUT2D eigenvalue weighted by Crippen LogP contribution is -2.41. The number of hydrogen-bond acceptors (Lipinski definition) is 5. The van der Waals surface area contributed by atoms with Gasteiger partial charge in [-0.05, 0) is 36.8 Å². The number of benzene rings is 2. The number of carbonyl (C=O) groups is 3. The van der Waals surface area contributed by atoms with E-state index in [9.17, 15) is 32.3 Å². The number of amides is 3. The molecular formula is C22H16F3N3O5. The molecule has 33 heavy (non-hydrogen) atoms. The zero-order valence-electron chi connectivity index (χ0n) is 16.8. The summed E-state index contributed by atoms with van der Waals surface area (Å²) < 4.78 is 43.1. The van der Waals surface area contributed by atoms with Crippen LogP contribution in [0.1, 0.15) is 29.0 Å². The van der Waals surface area contributed by atoms with Gasteiger partial charge in [-0.25, -0.2) is 0 Å². The average Bonchev–Trinajstić information content (AvgIpc) is 2.88. The molecule has 1 aliphatic heterocycles. The maximum Gasteiger partial charge on any atom is 0.449 e. The first-order valence-corrected chi connectivity index (χ1v) is 9.77. The van der Waals surface area contributed by atoms with E-state index in [4.69, 9.17) is 4.42 Å². The van der Waals surface area contributed by atoms with E-state index in [1.165, 1.54) is 12.1 Å². The summed E-state index contributed by atoms with van der Waals surface area (Å²) in [7, 11) is 0. The second kappa shape index (κ2) is 8.41. The summed E-state index contributed by atoms with van der Waals surface area (Å²) in [4.78, 5) is 49.1. The Balaban J connectivity index is 1.43. The lowest BCUT2D eigenvalue weighted by molar-refractivity contribution is -0.152. The summed E-state index contributed by atoms with van der Waals surface area (Å²) in [6, 6.07) is 9.54. The second-order valence-corrected chi connectivity index (χ2v) is 7.33. The van der Waals surface area contributed by atoms with Crippen molar-refractivity contribution in [3.63, 3.8) is 0 Å². The number of halogens is 3. The van der Waals surface area contributed by atoms with Gasteiger partial charge in [0.15, 0.2) is 5.43 Å². The zero-order valence-corrected chi connectivity index (χ0v) is 16.8. The van der Waals surface area contributed by atoms with Crippen molar-refractivity contribution in [1.82, 2.24) is 5.32 Å². The van der Waals surface area contributed by atoms with Gasteiger partial charge in [-0.2, -0.15) is 13.2 Å². The molecule has 4 rings (SSSR count). The maximum atomic E-state index is 12.8. The van der Waals surface area contributed by atoms with Gasteiger partial charge in [0.1, 0.15) is 11.6 Å². The van der Waals surface area contributed by atoms with E-state index in [2.05, 4.69) is 16.0 Å². The Morgan fingerprint density at radius 3 is 2.58 bits per heavy atom. The first-order valence-electron chi connectivity index (χ1n) is 9.77. The molecule has 170 valence electrons. The second-order valence-electron chi connectivity index (χ2n) is 7.33. The molecule has 0 bridgehead atoms. The number of alkyl halides is 3. The minimum Gasteiger partial charge on any atom is -0.451 e. The highest BCUT2D eigenvalue weighted by Crippen LogP contribution is 2.30. The SMILES string of the molecule is O=C(CC[C@@H]1NC(=O)c2ccccc2NC1=O)Nc1ccc2oc(C(F)(F)F)cc(=O)c2c1. The molecule has 0 unspecified atom stereocenters. The molecule has 3 N–H and O–H groups in total. The van der Waals surface area contributed by atoms with Crippen molar-refractivity contribution in [3.05, 3.63) is 70.1 Å². The standard InChI is InChI=1S/C22H16F3N3O5/c23-22(24,25)18-10-16(29)13-9-11(5-7-17(13)33-18)26-19(30)8-6-15-21(32)27-14-4-2-1-3-12(14)20(31)28-15/h1-5,7,9-10,15H,6,8H2,(H,26,30)(H,27,32)(H,28,31)/t15-/m0/s1. The van der Waals surface area contributed by atoms with Gasteiger partial charge >= 0.3 is 6.18 Å². The fourth-order valence-electron chi connectivity index (χ4n) is 3.39. The van der Waals surface area contributed by atoms with Gasteiger partial charge in [-0.1, -0.05) is 12.1 Å². The number of nitrogens with one attached hydrogen (secondary N) is 3. The molecule has 0 radical (unpaired) electrons. The highest BCUT2D eigenvalue weighted by molar-refractivity contribution is 6.10. The van der Waals surface area contributed by atoms with Gasteiger partial charge in [-0.3, -0.25) is 19.2 Å². The van der Waals surface area contributed by atoms with Gasteiger partial charge < -0.3 is 20.4 Å². The van der Waals surface area contributed by atoms with Crippen LogP contribution >= 0.6 is 0 Å². The van der Waals surface area contributed by atoms with Crippen LogP contribution in [-0.4, -0.2) is 23.8 Å². The Morgan fingerprint density at radius 2 is 1.82 bits per heavy atom. The van der Waals surface area contributed by atoms with Gasteiger partial charge in [-0.15, -0.1) is 0 Å². The Kier molecular flexibility index (Phi) is 5.62. The number of para-hydroxylation sites is 1. The quantitative estimate of drug-likeness (QED) is 0.554. The highest BCUT2D eigenvalue weighted by atomic mass is 19.4. The van der Waals surface area contributed by atoms with Crippen molar-refractivity contribution >= 4 is 40.1 Å². The van der Waals surface area contributed by atoms with E-state index >= 15 is 0 Å². The third kappa shape index (κ3) is 4.71. The van der Waals surface area contributed by atoms with E-state index in [1.54, 1.807) is 24.3 Å². The van der Waals surface area contributed by atoms with E-state index in [1.807, 2.05) is 0 Å². The Hall–Kier alpha value is -4.15. The summed E-state index contributed by atoms with van der Waals surface area (Å²) in [6.45, 7) is 0. The maximum absolute atomic E-state index is 12.8. The van der Waals surface area contributed by atoms with Gasteiger partial charge in [0.25, 0.3) is 5.91 Å². The van der Waals surface area contributed by atoms with E-state index in [0.29, 0.717) is 17.3 Å². The van der Waals surface area contributed by atoms with E-state index < -0.39 is 41.1 Å². The van der Waals surface area contributed by atoms with Crippen LogP contribution in [0, 0.1) is 0 Å². The average molecular weight is 459 g/mol. The van der Waals surface area contributed by atoms with Crippen molar-refractivity contribution in [2.75, 3.05) is 10.6 Å². The summed E-state index contributed by atoms with van der Waals surface area (Å²) in [5.74, 6) is -2.85. The van der Waals surface area contributed by atoms with Crippen molar-refractivity contribution in [2.24, 2.45) is 0 Å². The molecule has 3 aromatic rings. The smallest absolute Gasteiger partial charge is 0.449 e. The van der Waals surface area contributed by atoms with Crippen LogP contribution in [0.25, 0.3) is 11.0 Å². The molecule has 8 nitrogen and oxygen atoms in total. The molecule has 0 saturated carbocycles. The van der Waals surface area contributed by atoms with E-state index in [-0.39, 0.29) is 29.5 Å². The number of anilines is 2. The molecule has 0 saturated heterocycles. The summed E-state index contributed by atoms with van der Waals surface area (Å²) in [5, 5.41) is 7.60. The van der Waals surface area contributed by atoms with Crippen molar-refractivity contribution in [1.29, 1.82) is 0 Å². The van der Waals surface area contributed by atoms with Crippen molar-refractivity contribution < 1.29 is 32.0 Å². The Labute approximate surface area is 183 Å². The minimum atomic E-state index is -4.80. The zero-order chi connectivity index (χ0) is 23.8. The number of fused-ring (bicyclic) bond motifs is 2. The van der Waals surface area contributed by atoms with Crippen LogP contribution in [0.4, 0.5) is 24.5 Å². The first kappa shape index (κ1) is 22.1. The lowest BCUT2D eigenvalue weighted by Gasteiger charge is -2.14. The summed E-state index contributed by atoms with van der Waals surface area (Å²) in [5.41, 5.74) is -0.333. The van der Waals surface area contributed by atoms with E-state index in [0.717, 1.165) is 6.07 Å². The van der Waals surface area contributed by atoms with Crippen LogP contribution in [0.3, 0.4) is 0 Å². The Bertz CT molecular complexity index is 1330. The minimum absolute atomic E-state index is 0.00204. The molecular weight excluding hydrogens is 443 g/mol. The highest BCUT2D eigenvalue weighted by Gasteiger charge is 2.35. The third-order valence-corrected chi connectivity index (χ3v) is 5.00. The predicted octanol–water partition coefficient (Wildman–Crippen LogP) is 3.28. The fourth-order valence-corrected chi connectivity index (χ4v) is 3.39. The largest absolute Gasteiger partial charge is 0.451 e. The van der Waals surface area contributed by atoms with Crippen LogP contribution < -0.4 is 21.4 Å². The van der Waals surface area contributed by atoms with Gasteiger partial charge in [0.2, 0.25) is 17.6 Å². The molecule has 1 atom stereocenters. The molecule has 1 aromatic heterocycles. The molecule has 0 aliphatic carbocycles. The van der Waals surface area contributed by atoms with Crippen molar-refractivity contribution in [2.45, 2.75) is 25.1 Å². The molecule has 2 heterocycles. The molecule has 11 heteroatoms. The molecule has 3 amide bonds. The topological polar surface area (TPSA) is 118 Å². The Morgan fingerprint density at radius 1 is 1.06 bits per heavy atom. The fraction of sp³-hybridized carbons (Fsp3) is 0.182. The van der Waals surface area contributed by atoms with Crippen LogP contribution in [-0.2, 0) is 15.8 Å². The van der Waals surface area contributed by atoms with Crippen LogP contribution in [0.5, 0.6) is 0 Å². The number of hydrogen-bond donors (Lipinski definition) is 3. The molecule has 0 spiro atoms. The normalized spacial score (nSPS) is 15.9. The number of rotatable bonds is 4. The lowest BCUT2D eigenvalue weighted by atomic mass is 10.1. The molecule has 0 fully saturated rings. The number of carbonyl (C=O) groups excluding carboxylic acids is 3. The summed E-state index contributed by atoms with van der Waals surface area (Å²) in [6.07, 6.45) is -4.95. The monoisotopic (exact) mass is 459 g/mol. The summed E-state index contributed by atoms with van der Waals surface area (Å²) >= 11 is 0.